The summed E-state index contributed by atoms with van der Waals surface area (Å²) < 4.78 is 6.47. The minimum Gasteiger partial charge on any atom is -0.508 e. The highest BCUT2D eigenvalue weighted by Crippen LogP contribution is 2.19. The van der Waals surface area contributed by atoms with Gasteiger partial charge in [-0.05, 0) is 17.7 Å². The molecule has 0 saturated heterocycles. The smallest absolute Gasteiger partial charge is 0.119 e. The largest absolute Gasteiger partial charge is 0.508 e. The minimum atomic E-state index is 0.0421. The Morgan fingerprint density at radius 1 is 1.08 bits per heavy atom. The molecule has 0 aliphatic rings. The Bertz CT molecular complexity index is 222. The lowest BCUT2D eigenvalue weighted by Gasteiger charge is -1.98. The lowest BCUT2D eigenvalue weighted by Crippen LogP contribution is -1.94. The molecule has 0 fully saturated rings. The fourth-order valence-corrected chi connectivity index (χ4v) is 0.774. The molecule has 0 amide bonds. The van der Waals surface area contributed by atoms with Crippen molar-refractivity contribution in [2.24, 2.45) is 5.73 Å². The maximum atomic E-state index is 8.91. The van der Waals surface area contributed by atoms with Crippen LogP contribution in [0.2, 0.25) is 0 Å². The van der Waals surface area contributed by atoms with Gasteiger partial charge in [0.1, 0.15) is 11.5 Å². The van der Waals surface area contributed by atoms with Crippen LogP contribution in [0.5, 0.6) is 11.5 Å². The van der Waals surface area contributed by atoms with Crippen molar-refractivity contribution in [2.75, 3.05) is 0 Å². The van der Waals surface area contributed by atoms with Gasteiger partial charge in [0, 0.05) is 12.6 Å². The number of aromatic hydroxyl groups is 2. The summed E-state index contributed by atoms with van der Waals surface area (Å²) in [6.45, 7) is 0.321. The summed E-state index contributed by atoms with van der Waals surface area (Å²) in [7, 11) is 0. The van der Waals surface area contributed by atoms with Gasteiger partial charge in [-0.15, -0.1) is 0 Å². The Morgan fingerprint density at radius 2 is 1.50 bits per heavy atom. The van der Waals surface area contributed by atoms with E-state index < -0.39 is 0 Å². The summed E-state index contributed by atoms with van der Waals surface area (Å²) in [5, 5.41) is 17.8. The first kappa shape index (κ1) is 11.0. The maximum Gasteiger partial charge on any atom is 0.119 e. The summed E-state index contributed by atoms with van der Waals surface area (Å²) in [5.41, 5.74) is 5.99. The van der Waals surface area contributed by atoms with Crippen LogP contribution in [0.1, 0.15) is 5.56 Å². The molecular weight excluding hydrogens is 182 g/mol. The summed E-state index contributed by atoms with van der Waals surface area (Å²) in [5.74, 6) is 0.0842. The minimum absolute atomic E-state index is 0.0421. The van der Waals surface area contributed by atoms with Gasteiger partial charge < -0.3 is 15.9 Å². The van der Waals surface area contributed by atoms with Crippen LogP contribution in [0.4, 0.5) is 0 Å². The van der Waals surface area contributed by atoms with Crippen molar-refractivity contribution < 1.29 is 14.9 Å². The highest BCUT2D eigenvalue weighted by Gasteiger charge is 1.95. The van der Waals surface area contributed by atoms with Crippen molar-refractivity contribution in [2.45, 2.75) is 6.54 Å². The van der Waals surface area contributed by atoms with Gasteiger partial charge in [0.05, 0.1) is 11.9 Å². The first-order chi connectivity index (χ1) is 5.72. The number of halogens is 1. The van der Waals surface area contributed by atoms with Crippen molar-refractivity contribution in [3.8, 4) is 11.5 Å². The molecule has 0 aliphatic heterocycles. The van der Waals surface area contributed by atoms with E-state index in [2.05, 4.69) is 11.9 Å². The fraction of sp³-hybridized carbons (Fsp3) is 0.143. The van der Waals surface area contributed by atoms with Crippen molar-refractivity contribution in [3.63, 3.8) is 0 Å². The molecular formula is C7H10ClNO3. The predicted octanol–water partition coefficient (Wildman–Crippen LogP) is 0.689. The number of phenols is 2. The molecule has 4 nitrogen and oxygen atoms in total. The Hall–Kier alpha value is -0.970. The first-order valence-corrected chi connectivity index (χ1v) is 3.45. The third-order valence-corrected chi connectivity index (χ3v) is 1.20. The normalized spacial score (nSPS) is 8.58. The van der Waals surface area contributed by atoms with Gasteiger partial charge in [0.25, 0.3) is 0 Å². The SMILES string of the molecule is NCc1cc(O)cc(O)c1.OCl. The average molecular weight is 192 g/mol. The van der Waals surface area contributed by atoms with Gasteiger partial charge in [-0.1, -0.05) is 0 Å². The number of benzene rings is 1. The Balaban J connectivity index is 0.000000561. The second-order valence-corrected chi connectivity index (χ2v) is 2.06. The lowest BCUT2D eigenvalue weighted by atomic mass is 10.2. The molecule has 1 rings (SSSR count). The second kappa shape index (κ2) is 5.65. The van der Waals surface area contributed by atoms with E-state index in [1.54, 1.807) is 0 Å². The third kappa shape index (κ3) is 3.43. The highest BCUT2D eigenvalue weighted by molar-refractivity contribution is 6.04. The molecule has 0 heterocycles. The van der Waals surface area contributed by atoms with E-state index in [0.717, 1.165) is 5.56 Å². The van der Waals surface area contributed by atoms with E-state index in [0.29, 0.717) is 6.54 Å². The van der Waals surface area contributed by atoms with Crippen LogP contribution in [-0.2, 0) is 6.54 Å². The third-order valence-electron chi connectivity index (χ3n) is 1.20. The molecule has 0 spiro atoms. The van der Waals surface area contributed by atoms with E-state index in [-0.39, 0.29) is 11.5 Å². The van der Waals surface area contributed by atoms with Crippen LogP contribution in [0.3, 0.4) is 0 Å². The van der Waals surface area contributed by atoms with Gasteiger partial charge in [-0.3, -0.25) is 4.66 Å². The maximum absolute atomic E-state index is 8.91. The predicted molar refractivity (Wildman–Crippen MR) is 45.7 cm³/mol. The number of rotatable bonds is 1. The summed E-state index contributed by atoms with van der Waals surface area (Å²) in [6, 6.07) is 4.29. The fourth-order valence-electron chi connectivity index (χ4n) is 0.774. The number of nitrogens with two attached hydrogens (primary N) is 1. The topological polar surface area (TPSA) is 86.7 Å². The number of phenolic OH excluding ortho intramolecular Hbond substituents is 2. The van der Waals surface area contributed by atoms with Crippen LogP contribution in [-0.4, -0.2) is 14.9 Å². The molecule has 5 N–H and O–H groups in total. The molecule has 1 aromatic carbocycles. The van der Waals surface area contributed by atoms with Gasteiger partial charge in [0.15, 0.2) is 0 Å². The second-order valence-electron chi connectivity index (χ2n) is 2.06. The first-order valence-electron chi connectivity index (χ1n) is 3.11. The summed E-state index contributed by atoms with van der Waals surface area (Å²) in [6.07, 6.45) is 0. The molecule has 0 radical (unpaired) electrons. The van der Waals surface area contributed by atoms with Gasteiger partial charge in [-0.2, -0.15) is 0 Å². The van der Waals surface area contributed by atoms with Crippen molar-refractivity contribution in [1.29, 1.82) is 0 Å². The van der Waals surface area contributed by atoms with Crippen LogP contribution in [0.15, 0.2) is 18.2 Å². The van der Waals surface area contributed by atoms with E-state index in [4.69, 9.17) is 20.6 Å². The number of hydrogen-bond acceptors (Lipinski definition) is 4. The Morgan fingerprint density at radius 3 is 1.83 bits per heavy atom. The van der Waals surface area contributed by atoms with Crippen molar-refractivity contribution >= 4 is 11.9 Å². The standard InChI is InChI=1S/C7H9NO2.ClHO/c8-4-5-1-6(9)3-7(10)2-5;1-2/h1-3,9-10H,4,8H2;2H. The number of hydrogen-bond donors (Lipinski definition) is 4. The van der Waals surface area contributed by atoms with E-state index in [1.165, 1.54) is 18.2 Å². The Kier molecular flexibility index (Phi) is 5.19. The quantitative estimate of drug-likeness (QED) is 0.526. The summed E-state index contributed by atoms with van der Waals surface area (Å²) >= 11 is 3.64. The molecule has 0 aromatic heterocycles. The molecule has 12 heavy (non-hydrogen) atoms. The van der Waals surface area contributed by atoms with Gasteiger partial charge in [-0.25, -0.2) is 0 Å². The molecule has 1 aromatic rings. The molecule has 0 bridgehead atoms. The van der Waals surface area contributed by atoms with Crippen molar-refractivity contribution in [3.05, 3.63) is 23.8 Å². The molecule has 5 heteroatoms. The molecule has 0 aliphatic carbocycles. The zero-order chi connectivity index (χ0) is 9.56. The zero-order valence-corrected chi connectivity index (χ0v) is 6.99. The lowest BCUT2D eigenvalue weighted by molar-refractivity contribution is 0.449. The molecule has 68 valence electrons. The van der Waals surface area contributed by atoms with Crippen LogP contribution >= 0.6 is 11.9 Å². The van der Waals surface area contributed by atoms with Crippen molar-refractivity contribution in [1.82, 2.24) is 0 Å². The van der Waals surface area contributed by atoms with Crippen LogP contribution < -0.4 is 5.73 Å². The van der Waals surface area contributed by atoms with Crippen LogP contribution in [0, 0.1) is 0 Å². The van der Waals surface area contributed by atoms with Crippen LogP contribution in [0.25, 0.3) is 0 Å². The van der Waals surface area contributed by atoms with E-state index >= 15 is 0 Å². The summed E-state index contributed by atoms with van der Waals surface area (Å²) in [4.78, 5) is 0. The van der Waals surface area contributed by atoms with E-state index in [9.17, 15) is 0 Å². The van der Waals surface area contributed by atoms with E-state index in [1.807, 2.05) is 0 Å². The molecule has 0 unspecified atom stereocenters. The van der Waals surface area contributed by atoms with Gasteiger partial charge >= 0.3 is 0 Å². The average Bonchev–Trinajstić information content (AvgIpc) is 2.06. The Labute approximate surface area is 75.0 Å². The molecule has 0 saturated carbocycles. The zero-order valence-electron chi connectivity index (χ0n) is 6.24. The molecule has 0 atom stereocenters. The highest BCUT2D eigenvalue weighted by atomic mass is 35.5. The van der Waals surface area contributed by atoms with Gasteiger partial charge in [0.2, 0.25) is 0 Å². The monoisotopic (exact) mass is 191 g/mol.